The van der Waals surface area contributed by atoms with Crippen LogP contribution in [0.4, 0.5) is 23.2 Å². The average Bonchev–Trinajstić information content (AvgIpc) is 2.85. The summed E-state index contributed by atoms with van der Waals surface area (Å²) in [6.45, 7) is 0. The first-order chi connectivity index (χ1) is 17.8. The number of aryl methyl sites for hydroxylation is 2. The van der Waals surface area contributed by atoms with E-state index in [0.29, 0.717) is 0 Å². The molecule has 16 heteroatoms. The third kappa shape index (κ3) is 7.08. The minimum Gasteiger partial charge on any atom is -0.494 e. The Hall–Kier alpha value is -3.95. The molecular formula is C22H23F4N5O6S. The van der Waals surface area contributed by atoms with Gasteiger partial charge < -0.3 is 14.6 Å². The van der Waals surface area contributed by atoms with Gasteiger partial charge in [0.15, 0.2) is 11.5 Å². The van der Waals surface area contributed by atoms with Gasteiger partial charge in [-0.3, -0.25) is 14.1 Å². The zero-order chi connectivity index (χ0) is 28.1. The van der Waals surface area contributed by atoms with E-state index >= 15 is 0 Å². The summed E-state index contributed by atoms with van der Waals surface area (Å²) in [5, 5.41) is 10.4. The quantitative estimate of drug-likeness (QED) is 0.338. The Morgan fingerprint density at radius 2 is 1.68 bits per heavy atom. The lowest BCUT2D eigenvalue weighted by Gasteiger charge is -2.20. The third-order valence-corrected chi connectivity index (χ3v) is 6.40. The molecule has 1 aromatic carbocycles. The number of anilines is 1. The van der Waals surface area contributed by atoms with Gasteiger partial charge in [-0.2, -0.15) is 18.2 Å². The largest absolute Gasteiger partial charge is 0.494 e. The van der Waals surface area contributed by atoms with Crippen LogP contribution in [0, 0.1) is 5.82 Å². The van der Waals surface area contributed by atoms with E-state index in [-0.39, 0.29) is 35.3 Å². The molecule has 0 saturated carbocycles. The van der Waals surface area contributed by atoms with Gasteiger partial charge in [-0.15, -0.1) is 0 Å². The zero-order valence-corrected chi connectivity index (χ0v) is 20.9. The number of nitrogens with zero attached hydrogens (tertiary/aromatic N) is 4. The van der Waals surface area contributed by atoms with Crippen LogP contribution >= 0.6 is 0 Å². The van der Waals surface area contributed by atoms with Gasteiger partial charge in [-0.1, -0.05) is 6.07 Å². The van der Waals surface area contributed by atoms with Crippen molar-refractivity contribution in [2.24, 2.45) is 0 Å². The Morgan fingerprint density at radius 1 is 1.08 bits per heavy atom. The van der Waals surface area contributed by atoms with Crippen LogP contribution in [0.2, 0.25) is 0 Å². The van der Waals surface area contributed by atoms with Crippen molar-refractivity contribution in [3.05, 3.63) is 58.4 Å². The van der Waals surface area contributed by atoms with Gasteiger partial charge in [0.05, 0.1) is 32.4 Å². The Kier molecular flexibility index (Phi) is 8.75. The molecule has 0 aliphatic carbocycles. The van der Waals surface area contributed by atoms with Crippen molar-refractivity contribution in [1.29, 1.82) is 0 Å². The Labute approximate surface area is 214 Å². The number of hydrogen-bond donors (Lipinski definition) is 2. The molecule has 0 aliphatic heterocycles. The van der Waals surface area contributed by atoms with Gasteiger partial charge in [-0.25, -0.2) is 22.8 Å². The van der Waals surface area contributed by atoms with Gasteiger partial charge in [-0.05, 0) is 18.6 Å². The number of rotatable bonds is 11. The summed E-state index contributed by atoms with van der Waals surface area (Å²) in [6, 6.07) is 4.43. The maximum atomic E-state index is 13.5. The van der Waals surface area contributed by atoms with E-state index < -0.39 is 64.2 Å². The van der Waals surface area contributed by atoms with Crippen LogP contribution in [0.15, 0.2) is 35.4 Å². The van der Waals surface area contributed by atoms with Gasteiger partial charge >= 0.3 is 6.18 Å². The zero-order valence-electron chi connectivity index (χ0n) is 20.1. The molecule has 0 saturated heterocycles. The van der Waals surface area contributed by atoms with Gasteiger partial charge in [0.2, 0.25) is 15.9 Å². The number of sulfonamides is 1. The van der Waals surface area contributed by atoms with E-state index in [9.17, 15) is 35.9 Å². The van der Waals surface area contributed by atoms with Crippen molar-refractivity contribution in [3.63, 3.8) is 0 Å². The van der Waals surface area contributed by atoms with Gasteiger partial charge in [0, 0.05) is 19.3 Å². The van der Waals surface area contributed by atoms with Crippen LogP contribution in [0.25, 0.3) is 5.69 Å². The van der Waals surface area contributed by atoms with Crippen LogP contribution in [-0.2, 0) is 22.9 Å². The number of halogens is 4. The summed E-state index contributed by atoms with van der Waals surface area (Å²) in [7, 11) is -1.76. The van der Waals surface area contributed by atoms with Crippen molar-refractivity contribution in [1.82, 2.24) is 19.5 Å². The van der Waals surface area contributed by atoms with Crippen molar-refractivity contribution < 1.29 is 40.6 Å². The molecule has 3 rings (SSSR count). The topological polar surface area (TPSA) is 146 Å². The fraction of sp³-hybridized carbons (Fsp3) is 0.364. The summed E-state index contributed by atoms with van der Waals surface area (Å²) in [6.07, 6.45) is -5.09. The van der Waals surface area contributed by atoms with Crippen LogP contribution in [0.1, 0.15) is 24.5 Å². The molecule has 2 heterocycles. The fourth-order valence-electron chi connectivity index (χ4n) is 3.44. The van der Waals surface area contributed by atoms with E-state index in [1.165, 1.54) is 32.4 Å². The molecule has 0 unspecified atom stereocenters. The number of ether oxygens (including phenoxy) is 2. The molecule has 0 aliphatic rings. The monoisotopic (exact) mass is 561 g/mol. The summed E-state index contributed by atoms with van der Waals surface area (Å²) in [4.78, 5) is 24.7. The fourth-order valence-corrected chi connectivity index (χ4v) is 4.48. The van der Waals surface area contributed by atoms with E-state index in [4.69, 9.17) is 9.47 Å². The summed E-state index contributed by atoms with van der Waals surface area (Å²) in [5.74, 6) is -2.55. The first kappa shape index (κ1) is 28.6. The molecule has 38 heavy (non-hydrogen) atoms. The molecule has 0 spiro atoms. The molecule has 0 fully saturated rings. The van der Waals surface area contributed by atoms with Crippen LogP contribution in [0.3, 0.4) is 0 Å². The molecule has 2 aromatic heterocycles. The molecule has 3 aromatic rings. The lowest BCUT2D eigenvalue weighted by Crippen LogP contribution is -2.30. The summed E-state index contributed by atoms with van der Waals surface area (Å²) >= 11 is 0. The lowest BCUT2D eigenvalue weighted by atomic mass is 10.2. The van der Waals surface area contributed by atoms with Crippen LogP contribution in [-0.4, -0.2) is 59.2 Å². The van der Waals surface area contributed by atoms with E-state index in [2.05, 4.69) is 15.0 Å². The van der Waals surface area contributed by atoms with Crippen LogP contribution < -0.4 is 19.8 Å². The second-order valence-corrected chi connectivity index (χ2v) is 9.68. The highest BCUT2D eigenvalue weighted by molar-refractivity contribution is 7.92. The second-order valence-electron chi connectivity index (χ2n) is 7.84. The number of alkyl halides is 3. The minimum absolute atomic E-state index is 0.00954. The predicted octanol–water partition coefficient (Wildman–Crippen LogP) is 2.75. The number of nitrogens with one attached hydrogen (secondary N) is 1. The molecule has 0 bridgehead atoms. The number of aromatic nitrogens is 4. The lowest BCUT2D eigenvalue weighted by molar-refractivity contribution is -0.135. The molecule has 0 amide bonds. The summed E-state index contributed by atoms with van der Waals surface area (Å²) < 4.78 is 90.0. The maximum absolute atomic E-state index is 13.5. The van der Waals surface area contributed by atoms with E-state index in [1.807, 2.05) is 4.72 Å². The SMILES string of the molecule is COc1cccc(OC)c1-n1c(CCCC(F)(F)F)nc(O)c(NS(=O)(=O)CCc2ncc(F)cn2)c1=O. The molecule has 11 nitrogen and oxygen atoms in total. The van der Waals surface area contributed by atoms with Crippen molar-refractivity contribution in [3.8, 4) is 23.1 Å². The Morgan fingerprint density at radius 3 is 2.24 bits per heavy atom. The van der Waals surface area contributed by atoms with Crippen molar-refractivity contribution in [2.45, 2.75) is 31.9 Å². The maximum Gasteiger partial charge on any atom is 0.389 e. The van der Waals surface area contributed by atoms with Gasteiger partial charge in [0.1, 0.15) is 28.8 Å². The molecule has 0 atom stereocenters. The number of benzene rings is 1. The van der Waals surface area contributed by atoms with Gasteiger partial charge in [0.25, 0.3) is 5.56 Å². The van der Waals surface area contributed by atoms with Crippen molar-refractivity contribution in [2.75, 3.05) is 24.7 Å². The normalized spacial score (nSPS) is 11.8. The first-order valence-electron chi connectivity index (χ1n) is 10.9. The van der Waals surface area contributed by atoms with Crippen molar-refractivity contribution >= 4 is 15.7 Å². The highest BCUT2D eigenvalue weighted by Crippen LogP contribution is 2.34. The Balaban J connectivity index is 2.07. The molecular weight excluding hydrogens is 538 g/mol. The highest BCUT2D eigenvalue weighted by atomic mass is 32.2. The highest BCUT2D eigenvalue weighted by Gasteiger charge is 2.29. The van der Waals surface area contributed by atoms with E-state index in [1.54, 1.807) is 0 Å². The standard InChI is InChI=1S/C22H23F4N5O6S/c1-36-14-5-3-6-15(37-2)19(14)31-17(7-4-9-22(24,25)26)29-20(32)18(21(31)33)30-38(34,35)10-8-16-27-11-13(23)12-28-16/h3,5-6,11-12,30,32H,4,7-10H2,1-2H3. The Bertz CT molecular complexity index is 1420. The first-order valence-corrected chi connectivity index (χ1v) is 12.6. The number of aromatic hydroxyl groups is 1. The van der Waals surface area contributed by atoms with E-state index in [0.717, 1.165) is 17.0 Å². The molecule has 206 valence electrons. The average molecular weight is 562 g/mol. The smallest absolute Gasteiger partial charge is 0.389 e. The minimum atomic E-state index is -4.47. The predicted molar refractivity (Wildman–Crippen MR) is 127 cm³/mol. The molecule has 0 radical (unpaired) electrons. The third-order valence-electron chi connectivity index (χ3n) is 5.15. The summed E-state index contributed by atoms with van der Waals surface area (Å²) in [5.41, 5.74) is -2.04. The number of hydrogen-bond acceptors (Lipinski definition) is 9. The number of methoxy groups -OCH3 is 2. The van der Waals surface area contributed by atoms with Crippen LogP contribution in [0.5, 0.6) is 17.4 Å². The molecule has 2 N–H and O–H groups in total. The second kappa shape index (κ2) is 11.6. The number of para-hydroxylation sites is 1.